The third-order valence-electron chi connectivity index (χ3n) is 1.97. The van der Waals surface area contributed by atoms with E-state index in [0.717, 1.165) is 14.2 Å². The summed E-state index contributed by atoms with van der Waals surface area (Å²) in [7, 11) is 1.89. The van der Waals surface area contributed by atoms with Crippen LogP contribution in [0.5, 0.6) is 5.75 Å². The molecule has 7 heteroatoms. The molecule has 0 aliphatic heterocycles. The lowest BCUT2D eigenvalue weighted by atomic mass is 10.1. The Hall–Kier alpha value is -1.79. The molecule has 1 rings (SSSR count). The molecule has 1 aromatic rings. The minimum Gasteiger partial charge on any atom is -0.493 e. The number of esters is 1. The maximum absolute atomic E-state index is 13.3. The van der Waals surface area contributed by atoms with Crippen molar-refractivity contribution in [3.63, 3.8) is 0 Å². The molecule has 0 N–H and O–H groups in total. The van der Waals surface area contributed by atoms with Crippen LogP contribution in [0.2, 0.25) is 0 Å². The zero-order valence-electron chi connectivity index (χ0n) is 8.89. The minimum absolute atomic E-state index is 0.480. The van der Waals surface area contributed by atoms with Crippen LogP contribution in [0.15, 0.2) is 12.1 Å². The van der Waals surface area contributed by atoms with Crippen molar-refractivity contribution >= 4 is 5.97 Å². The molecule has 0 bridgehead atoms. The number of carbonyl (C=O) groups is 1. The van der Waals surface area contributed by atoms with Crippen LogP contribution in [0.4, 0.5) is 17.6 Å². The van der Waals surface area contributed by atoms with Crippen molar-refractivity contribution in [2.24, 2.45) is 0 Å². The van der Waals surface area contributed by atoms with Gasteiger partial charge in [-0.2, -0.15) is 13.2 Å². The minimum atomic E-state index is -4.82. The van der Waals surface area contributed by atoms with E-state index >= 15 is 0 Å². The van der Waals surface area contributed by atoms with Crippen molar-refractivity contribution in [3.8, 4) is 5.75 Å². The molecule has 17 heavy (non-hydrogen) atoms. The number of rotatable bonds is 2. The summed E-state index contributed by atoms with van der Waals surface area (Å²) < 4.78 is 59.5. The van der Waals surface area contributed by atoms with Crippen molar-refractivity contribution in [1.82, 2.24) is 0 Å². The van der Waals surface area contributed by atoms with Crippen LogP contribution < -0.4 is 4.74 Å². The first kappa shape index (κ1) is 13.3. The number of hydrogen-bond acceptors (Lipinski definition) is 3. The fourth-order valence-corrected chi connectivity index (χ4v) is 1.25. The molecule has 94 valence electrons. The largest absolute Gasteiger partial charge is 0.493 e. The number of halogens is 4. The monoisotopic (exact) mass is 252 g/mol. The van der Waals surface area contributed by atoms with Gasteiger partial charge in [-0.15, -0.1) is 0 Å². The Bertz CT molecular complexity index is 440. The van der Waals surface area contributed by atoms with Gasteiger partial charge in [0.2, 0.25) is 0 Å². The van der Waals surface area contributed by atoms with Crippen LogP contribution in [0.25, 0.3) is 0 Å². The van der Waals surface area contributed by atoms with E-state index in [2.05, 4.69) is 9.47 Å². The molecule has 0 saturated heterocycles. The van der Waals surface area contributed by atoms with E-state index in [1.807, 2.05) is 0 Å². The summed E-state index contributed by atoms with van der Waals surface area (Å²) in [6, 6.07) is 1.10. The highest BCUT2D eigenvalue weighted by atomic mass is 19.4. The lowest BCUT2D eigenvalue weighted by Crippen LogP contribution is -2.12. The number of ether oxygens (including phenoxy) is 2. The first-order valence-electron chi connectivity index (χ1n) is 4.34. The number of methoxy groups -OCH3 is 2. The van der Waals surface area contributed by atoms with Crippen molar-refractivity contribution in [2.45, 2.75) is 6.18 Å². The summed E-state index contributed by atoms with van der Waals surface area (Å²) in [6.45, 7) is 0. The highest BCUT2D eigenvalue weighted by Gasteiger charge is 2.37. The molecule has 0 aliphatic rings. The average molecular weight is 252 g/mol. The smallest absolute Gasteiger partial charge is 0.420 e. The van der Waals surface area contributed by atoms with Gasteiger partial charge in [0.15, 0.2) is 11.6 Å². The van der Waals surface area contributed by atoms with Gasteiger partial charge in [0.1, 0.15) is 5.56 Å². The third kappa shape index (κ3) is 2.66. The van der Waals surface area contributed by atoms with Gasteiger partial charge in [-0.25, -0.2) is 9.18 Å². The second kappa shape index (κ2) is 4.60. The average Bonchev–Trinajstić information content (AvgIpc) is 2.25. The number of benzene rings is 1. The van der Waals surface area contributed by atoms with Gasteiger partial charge >= 0.3 is 12.1 Å². The summed E-state index contributed by atoms with van der Waals surface area (Å²) in [5.41, 5.74) is -1.89. The zero-order chi connectivity index (χ0) is 13.2. The van der Waals surface area contributed by atoms with E-state index in [9.17, 15) is 22.4 Å². The zero-order valence-corrected chi connectivity index (χ0v) is 8.89. The molecule has 0 aromatic heterocycles. The highest BCUT2D eigenvalue weighted by Crippen LogP contribution is 2.38. The van der Waals surface area contributed by atoms with Crippen LogP contribution in [0.1, 0.15) is 15.9 Å². The van der Waals surface area contributed by atoms with Crippen molar-refractivity contribution < 1.29 is 31.8 Å². The Balaban J connectivity index is 3.44. The molecular weight excluding hydrogens is 244 g/mol. The maximum atomic E-state index is 13.3. The summed E-state index contributed by atoms with van der Waals surface area (Å²) in [6.07, 6.45) is -4.82. The topological polar surface area (TPSA) is 35.5 Å². The molecule has 0 fully saturated rings. The molecule has 0 saturated carbocycles. The summed E-state index contributed by atoms with van der Waals surface area (Å²) in [5.74, 6) is -3.29. The standard InChI is InChI=1S/C10H8F4O3/c1-16-8-6(10(12,13)14)3-5(4-7(8)11)9(15)17-2/h3-4H,1-2H3. The maximum Gasteiger partial charge on any atom is 0.420 e. The Morgan fingerprint density at radius 2 is 1.82 bits per heavy atom. The predicted octanol–water partition coefficient (Wildman–Crippen LogP) is 2.64. The number of carbonyl (C=O) groups excluding carboxylic acids is 1. The number of hydrogen-bond donors (Lipinski definition) is 0. The van der Waals surface area contributed by atoms with E-state index in [0.29, 0.717) is 12.1 Å². The van der Waals surface area contributed by atoms with Crippen molar-refractivity contribution in [2.75, 3.05) is 14.2 Å². The molecule has 0 unspecified atom stereocenters. The quantitative estimate of drug-likeness (QED) is 0.599. The fraction of sp³-hybridized carbons (Fsp3) is 0.300. The molecule has 0 heterocycles. The van der Waals surface area contributed by atoms with Gasteiger partial charge in [-0.3, -0.25) is 0 Å². The molecule has 0 radical (unpaired) electrons. The van der Waals surface area contributed by atoms with Crippen molar-refractivity contribution in [1.29, 1.82) is 0 Å². The lowest BCUT2D eigenvalue weighted by molar-refractivity contribution is -0.139. The predicted molar refractivity (Wildman–Crippen MR) is 49.3 cm³/mol. The van der Waals surface area contributed by atoms with Gasteiger partial charge < -0.3 is 9.47 Å². The van der Waals surface area contributed by atoms with E-state index in [-0.39, 0.29) is 0 Å². The van der Waals surface area contributed by atoms with Crippen LogP contribution in [0.3, 0.4) is 0 Å². The van der Waals surface area contributed by atoms with E-state index in [4.69, 9.17) is 0 Å². The van der Waals surface area contributed by atoms with E-state index < -0.39 is 34.8 Å². The molecule has 3 nitrogen and oxygen atoms in total. The first-order chi connectivity index (χ1) is 7.81. The van der Waals surface area contributed by atoms with Gasteiger partial charge in [-0.05, 0) is 12.1 Å². The summed E-state index contributed by atoms with van der Waals surface area (Å²) >= 11 is 0. The van der Waals surface area contributed by atoms with Crippen molar-refractivity contribution in [3.05, 3.63) is 29.1 Å². The third-order valence-corrected chi connectivity index (χ3v) is 1.97. The van der Waals surface area contributed by atoms with Gasteiger partial charge in [-0.1, -0.05) is 0 Å². The van der Waals surface area contributed by atoms with Gasteiger partial charge in [0.05, 0.1) is 19.8 Å². The van der Waals surface area contributed by atoms with Crippen LogP contribution in [-0.2, 0) is 10.9 Å². The second-order valence-corrected chi connectivity index (χ2v) is 3.03. The van der Waals surface area contributed by atoms with E-state index in [1.165, 1.54) is 0 Å². The van der Waals surface area contributed by atoms with E-state index in [1.54, 1.807) is 0 Å². The second-order valence-electron chi connectivity index (χ2n) is 3.03. The van der Waals surface area contributed by atoms with Crippen LogP contribution >= 0.6 is 0 Å². The molecule has 0 aliphatic carbocycles. The molecule has 0 atom stereocenters. The fourth-order valence-electron chi connectivity index (χ4n) is 1.25. The lowest BCUT2D eigenvalue weighted by Gasteiger charge is -2.13. The Morgan fingerprint density at radius 1 is 1.24 bits per heavy atom. The SMILES string of the molecule is COC(=O)c1cc(F)c(OC)c(C(F)(F)F)c1. The Kier molecular flexibility index (Phi) is 3.59. The molecule has 0 amide bonds. The molecule has 1 aromatic carbocycles. The van der Waals surface area contributed by atoms with Gasteiger partial charge in [0.25, 0.3) is 0 Å². The highest BCUT2D eigenvalue weighted by molar-refractivity contribution is 5.89. The summed E-state index contributed by atoms with van der Waals surface area (Å²) in [5, 5.41) is 0. The number of alkyl halides is 3. The van der Waals surface area contributed by atoms with Crippen LogP contribution in [-0.4, -0.2) is 20.2 Å². The van der Waals surface area contributed by atoms with Crippen LogP contribution in [0, 0.1) is 5.82 Å². The van der Waals surface area contributed by atoms with Gasteiger partial charge in [0, 0.05) is 0 Å². The molecular formula is C10H8F4O3. The first-order valence-corrected chi connectivity index (χ1v) is 4.34. The molecule has 0 spiro atoms. The summed E-state index contributed by atoms with van der Waals surface area (Å²) in [4.78, 5) is 11.0. The Labute approximate surface area is 93.9 Å². The normalized spacial score (nSPS) is 11.2. The Morgan fingerprint density at radius 3 is 2.24 bits per heavy atom.